The van der Waals surface area contributed by atoms with Gasteiger partial charge < -0.3 is 10.1 Å². The fourth-order valence-electron chi connectivity index (χ4n) is 3.83. The van der Waals surface area contributed by atoms with Gasteiger partial charge in [-0.3, -0.25) is 9.59 Å². The molecule has 2 amide bonds. The topological polar surface area (TPSA) is 79.8 Å². The normalized spacial score (nSPS) is 11.0. The molecule has 0 saturated heterocycles. The maximum absolute atomic E-state index is 11.9. The van der Waals surface area contributed by atoms with Crippen LogP contribution in [-0.2, 0) is 16.2 Å². The minimum atomic E-state index is -0.355. The molecule has 0 aliphatic rings. The van der Waals surface area contributed by atoms with Crippen LogP contribution in [0.3, 0.4) is 0 Å². The zero-order chi connectivity index (χ0) is 26.6. The molecule has 0 aliphatic heterocycles. The minimum absolute atomic E-state index is 0.0777. The molecule has 7 heteroatoms. The van der Waals surface area contributed by atoms with Crippen molar-refractivity contribution in [3.8, 4) is 5.75 Å². The van der Waals surface area contributed by atoms with E-state index < -0.39 is 0 Å². The summed E-state index contributed by atoms with van der Waals surface area (Å²) in [6.45, 7) is 2.62. The number of hydrogen-bond acceptors (Lipinski definition) is 4. The minimum Gasteiger partial charge on any atom is -0.489 e. The first-order valence-corrected chi connectivity index (χ1v) is 14.0. The van der Waals surface area contributed by atoms with E-state index in [2.05, 4.69) is 22.8 Å². The molecule has 2 N–H and O–H groups in total. The number of nitrogens with zero attached hydrogens (tertiary/aromatic N) is 1. The van der Waals surface area contributed by atoms with E-state index in [0.717, 1.165) is 29.7 Å². The van der Waals surface area contributed by atoms with Crippen LogP contribution in [0, 0.1) is 0 Å². The molecule has 0 fully saturated rings. The number of benzene rings is 2. The summed E-state index contributed by atoms with van der Waals surface area (Å²) in [5, 5.41) is 7.31. The number of hydrogen-bond donors (Lipinski definition) is 2. The number of unbranched alkanes of at least 4 members (excludes halogenated alkanes) is 10. The van der Waals surface area contributed by atoms with Gasteiger partial charge in [-0.2, -0.15) is 5.10 Å². The van der Waals surface area contributed by atoms with E-state index in [1.54, 1.807) is 6.21 Å². The van der Waals surface area contributed by atoms with Crippen molar-refractivity contribution < 1.29 is 14.3 Å². The van der Waals surface area contributed by atoms with Crippen molar-refractivity contribution in [1.29, 1.82) is 0 Å². The summed E-state index contributed by atoms with van der Waals surface area (Å²) in [7, 11) is 0. The monoisotopic (exact) mass is 527 g/mol. The third-order valence-electron chi connectivity index (χ3n) is 6.06. The van der Waals surface area contributed by atoms with Gasteiger partial charge in [0.1, 0.15) is 12.4 Å². The standard InChI is InChI=1S/C30H42ClN3O3/c1-2-3-4-5-6-7-8-9-10-11-12-13-29(35)32-23-30(36)34-33-22-25-16-20-28(21-17-25)37-24-26-14-18-27(31)19-15-26/h14-22H,2-13,23-24H2,1H3,(H,32,35)(H,34,36). The highest BCUT2D eigenvalue weighted by atomic mass is 35.5. The van der Waals surface area contributed by atoms with Crippen LogP contribution in [0.5, 0.6) is 5.75 Å². The average Bonchev–Trinajstić information content (AvgIpc) is 2.91. The lowest BCUT2D eigenvalue weighted by atomic mass is 10.1. The van der Waals surface area contributed by atoms with E-state index in [1.165, 1.54) is 57.8 Å². The first kappa shape index (κ1) is 30.4. The fourth-order valence-corrected chi connectivity index (χ4v) is 3.96. The number of amides is 2. The second-order valence-corrected chi connectivity index (χ2v) is 9.78. The number of hydrazone groups is 1. The van der Waals surface area contributed by atoms with E-state index in [-0.39, 0.29) is 18.4 Å². The van der Waals surface area contributed by atoms with Gasteiger partial charge in [-0.1, -0.05) is 94.9 Å². The number of carbonyl (C=O) groups excluding carboxylic acids is 2. The van der Waals surface area contributed by atoms with Crippen molar-refractivity contribution in [2.45, 2.75) is 90.6 Å². The molecule has 2 aromatic carbocycles. The predicted octanol–water partition coefficient (Wildman–Crippen LogP) is 7.19. The zero-order valence-corrected chi connectivity index (χ0v) is 22.9. The summed E-state index contributed by atoms with van der Waals surface area (Å²) < 4.78 is 5.76. The van der Waals surface area contributed by atoms with Crippen LogP contribution in [0.4, 0.5) is 0 Å². The summed E-state index contributed by atoms with van der Waals surface area (Å²) in [6.07, 6.45) is 15.7. The molecule has 0 aromatic heterocycles. The fraction of sp³-hybridized carbons (Fsp3) is 0.500. The Labute approximate surface area is 227 Å². The SMILES string of the molecule is CCCCCCCCCCCCCC(=O)NCC(=O)NN=Cc1ccc(OCc2ccc(Cl)cc2)cc1. The summed E-state index contributed by atoms with van der Waals surface area (Å²) in [4.78, 5) is 23.9. The quantitative estimate of drug-likeness (QED) is 0.115. The van der Waals surface area contributed by atoms with Crippen LogP contribution in [-0.4, -0.2) is 24.6 Å². The van der Waals surface area contributed by atoms with Gasteiger partial charge in [-0.05, 0) is 53.9 Å². The third kappa shape index (κ3) is 15.1. The predicted molar refractivity (Wildman–Crippen MR) is 152 cm³/mol. The third-order valence-corrected chi connectivity index (χ3v) is 6.31. The van der Waals surface area contributed by atoms with Crippen molar-refractivity contribution >= 4 is 29.6 Å². The molecule has 0 unspecified atom stereocenters. The second kappa shape index (κ2) is 19.3. The molecular formula is C30H42ClN3O3. The Balaban J connectivity index is 1.49. The highest BCUT2D eigenvalue weighted by Gasteiger charge is 2.05. The Bertz CT molecular complexity index is 930. The number of carbonyl (C=O) groups is 2. The Morgan fingerprint density at radius 2 is 1.41 bits per heavy atom. The molecular weight excluding hydrogens is 486 g/mol. The lowest BCUT2D eigenvalue weighted by molar-refractivity contribution is -0.126. The van der Waals surface area contributed by atoms with Gasteiger partial charge in [-0.15, -0.1) is 0 Å². The van der Waals surface area contributed by atoms with Gasteiger partial charge in [0.25, 0.3) is 5.91 Å². The second-order valence-electron chi connectivity index (χ2n) is 9.34. The molecule has 0 spiro atoms. The highest BCUT2D eigenvalue weighted by molar-refractivity contribution is 6.30. The molecule has 2 rings (SSSR count). The van der Waals surface area contributed by atoms with Crippen LogP contribution in [0.25, 0.3) is 0 Å². The maximum atomic E-state index is 11.9. The van der Waals surface area contributed by atoms with E-state index in [9.17, 15) is 9.59 Å². The van der Waals surface area contributed by atoms with E-state index >= 15 is 0 Å². The van der Waals surface area contributed by atoms with Gasteiger partial charge in [0, 0.05) is 11.4 Å². The first-order valence-electron chi connectivity index (χ1n) is 13.6. The summed E-state index contributed by atoms with van der Waals surface area (Å²) >= 11 is 5.89. The van der Waals surface area contributed by atoms with Crippen LogP contribution in [0.2, 0.25) is 5.02 Å². The van der Waals surface area contributed by atoms with Crippen molar-refractivity contribution in [1.82, 2.24) is 10.7 Å². The van der Waals surface area contributed by atoms with E-state index in [0.29, 0.717) is 18.1 Å². The molecule has 202 valence electrons. The summed E-state index contributed by atoms with van der Waals surface area (Å²) in [6, 6.07) is 14.9. The van der Waals surface area contributed by atoms with Crippen LogP contribution in [0.1, 0.15) is 95.1 Å². The largest absolute Gasteiger partial charge is 0.489 e. The van der Waals surface area contributed by atoms with Gasteiger partial charge in [0.15, 0.2) is 0 Å². The number of ether oxygens (including phenoxy) is 1. The lowest BCUT2D eigenvalue weighted by Gasteiger charge is -2.06. The first-order chi connectivity index (χ1) is 18.1. The van der Waals surface area contributed by atoms with Crippen molar-refractivity contribution in [2.24, 2.45) is 5.10 Å². The van der Waals surface area contributed by atoms with E-state index in [4.69, 9.17) is 16.3 Å². The van der Waals surface area contributed by atoms with Gasteiger partial charge in [0.2, 0.25) is 5.91 Å². The number of nitrogens with one attached hydrogen (secondary N) is 2. The molecule has 0 radical (unpaired) electrons. The van der Waals surface area contributed by atoms with Crippen LogP contribution in [0.15, 0.2) is 53.6 Å². The lowest BCUT2D eigenvalue weighted by Crippen LogP contribution is -2.34. The Morgan fingerprint density at radius 3 is 2.03 bits per heavy atom. The molecule has 6 nitrogen and oxygen atoms in total. The highest BCUT2D eigenvalue weighted by Crippen LogP contribution is 2.15. The smallest absolute Gasteiger partial charge is 0.259 e. The van der Waals surface area contributed by atoms with Crippen molar-refractivity contribution in [2.75, 3.05) is 6.54 Å². The molecule has 0 saturated carbocycles. The molecule has 37 heavy (non-hydrogen) atoms. The Kier molecular flexibility index (Phi) is 15.8. The van der Waals surface area contributed by atoms with Gasteiger partial charge >= 0.3 is 0 Å². The molecule has 0 heterocycles. The average molecular weight is 528 g/mol. The zero-order valence-electron chi connectivity index (χ0n) is 22.1. The van der Waals surface area contributed by atoms with Gasteiger partial charge in [-0.25, -0.2) is 5.43 Å². The number of halogens is 1. The molecule has 0 aliphatic carbocycles. The van der Waals surface area contributed by atoms with Crippen molar-refractivity contribution in [3.05, 3.63) is 64.7 Å². The summed E-state index contributed by atoms with van der Waals surface area (Å²) in [5.41, 5.74) is 4.29. The van der Waals surface area contributed by atoms with Gasteiger partial charge in [0.05, 0.1) is 12.8 Å². The molecule has 2 aromatic rings. The number of rotatable bonds is 19. The Morgan fingerprint density at radius 1 is 0.811 bits per heavy atom. The maximum Gasteiger partial charge on any atom is 0.259 e. The van der Waals surface area contributed by atoms with E-state index in [1.807, 2.05) is 48.5 Å². The summed E-state index contributed by atoms with van der Waals surface area (Å²) in [5.74, 6) is 0.285. The Hall–Kier alpha value is -2.86. The van der Waals surface area contributed by atoms with Crippen LogP contribution >= 0.6 is 11.6 Å². The van der Waals surface area contributed by atoms with Crippen LogP contribution < -0.4 is 15.5 Å². The van der Waals surface area contributed by atoms with Crippen molar-refractivity contribution in [3.63, 3.8) is 0 Å². The molecule has 0 bridgehead atoms. The molecule has 0 atom stereocenters.